The zero-order chi connectivity index (χ0) is 35.9. The van der Waals surface area contributed by atoms with Crippen LogP contribution in [0.25, 0.3) is 33.5 Å². The Morgan fingerprint density at radius 1 is 0.635 bits per heavy atom. The number of Topliss-reactive ketones (excluding diaryl/α,β-unsaturated/α-hetero) is 1. The molecule has 3 N–H and O–H groups in total. The van der Waals surface area contributed by atoms with Crippen LogP contribution in [0.1, 0.15) is 34.6 Å². The molecule has 1 heterocycles. The van der Waals surface area contributed by atoms with Gasteiger partial charge in [-0.25, -0.2) is 4.79 Å². The van der Waals surface area contributed by atoms with Crippen molar-refractivity contribution >= 4 is 17.8 Å². The number of ketones is 1. The third-order valence-electron chi connectivity index (χ3n) is 9.75. The fourth-order valence-electron chi connectivity index (χ4n) is 7.00. The topological polar surface area (TPSA) is 111 Å². The normalized spacial score (nSPS) is 13.0. The Labute approximate surface area is 303 Å². The number of nitrogens with one attached hydrogen (secondary N) is 1. The van der Waals surface area contributed by atoms with Crippen molar-refractivity contribution in [3.63, 3.8) is 0 Å². The van der Waals surface area contributed by atoms with Crippen LogP contribution in [0, 0.1) is 5.92 Å². The number of primary amides is 1. The van der Waals surface area contributed by atoms with Crippen molar-refractivity contribution in [2.45, 2.75) is 31.2 Å². The first-order chi connectivity index (χ1) is 25.4. The lowest BCUT2D eigenvalue weighted by atomic mass is 9.90. The Kier molecular flexibility index (Phi) is 10.3. The van der Waals surface area contributed by atoms with Crippen LogP contribution >= 0.6 is 0 Å². The molecule has 2 amide bonds. The Bertz CT molecular complexity index is 2120. The second-order valence-electron chi connectivity index (χ2n) is 13.2. The van der Waals surface area contributed by atoms with Gasteiger partial charge in [-0.2, -0.15) is 0 Å². The monoisotopic (exact) mass is 685 g/mol. The summed E-state index contributed by atoms with van der Waals surface area (Å²) in [5.74, 6) is -1.81. The van der Waals surface area contributed by atoms with Gasteiger partial charge in [-0.05, 0) is 63.4 Å². The molecule has 0 saturated heterocycles. The first kappa shape index (κ1) is 34.1. The molecule has 2 atom stereocenters. The molecule has 0 bridgehead atoms. The summed E-state index contributed by atoms with van der Waals surface area (Å²) >= 11 is 0. The highest BCUT2D eigenvalue weighted by molar-refractivity contribution is 5.91. The van der Waals surface area contributed by atoms with Gasteiger partial charge in [0, 0.05) is 30.0 Å². The van der Waals surface area contributed by atoms with Gasteiger partial charge in [-0.1, -0.05) is 140 Å². The van der Waals surface area contributed by atoms with Crippen molar-refractivity contribution in [3.05, 3.63) is 174 Å². The Morgan fingerprint density at radius 3 is 1.79 bits per heavy atom. The number of fused-ring (bicyclic) bond motifs is 3. The maximum Gasteiger partial charge on any atom is 0.407 e. The zero-order valence-corrected chi connectivity index (χ0v) is 28.7. The van der Waals surface area contributed by atoms with E-state index in [9.17, 15) is 14.4 Å². The number of benzene rings is 5. The van der Waals surface area contributed by atoms with Crippen LogP contribution in [0.5, 0.6) is 0 Å². The minimum atomic E-state index is -0.946. The third kappa shape index (κ3) is 7.84. The molecule has 0 aliphatic heterocycles. The van der Waals surface area contributed by atoms with E-state index in [2.05, 4.69) is 34.6 Å². The number of hydrogen-bond donors (Lipinski definition) is 2. The molecular weight excluding hydrogens is 647 g/mol. The fraction of sp³-hybridized carbons (Fsp3) is 0.156. The summed E-state index contributed by atoms with van der Waals surface area (Å²) in [6.07, 6.45) is 1.33. The third-order valence-corrected chi connectivity index (χ3v) is 9.75. The van der Waals surface area contributed by atoms with Crippen LogP contribution in [0.3, 0.4) is 0 Å². The smallest absolute Gasteiger partial charge is 0.407 e. The molecule has 7 nitrogen and oxygen atoms in total. The van der Waals surface area contributed by atoms with E-state index in [1.807, 2.05) is 121 Å². The van der Waals surface area contributed by atoms with E-state index in [1.54, 1.807) is 6.20 Å². The fourth-order valence-corrected chi connectivity index (χ4v) is 7.00. The average Bonchev–Trinajstić information content (AvgIpc) is 3.51. The number of carbonyl (C=O) groups excluding carboxylic acids is 3. The predicted molar refractivity (Wildman–Crippen MR) is 203 cm³/mol. The van der Waals surface area contributed by atoms with Crippen molar-refractivity contribution < 1.29 is 19.1 Å². The molecule has 7 rings (SSSR count). The molecule has 0 saturated carbocycles. The molecule has 258 valence electrons. The molecule has 6 aromatic rings. The number of aromatic nitrogens is 1. The van der Waals surface area contributed by atoms with Crippen LogP contribution < -0.4 is 11.1 Å². The first-order valence-electron chi connectivity index (χ1n) is 17.5. The van der Waals surface area contributed by atoms with Crippen molar-refractivity contribution in [2.24, 2.45) is 11.7 Å². The van der Waals surface area contributed by atoms with Gasteiger partial charge in [-0.3, -0.25) is 14.6 Å². The first-order valence-corrected chi connectivity index (χ1v) is 17.5. The molecule has 1 aliphatic rings. The van der Waals surface area contributed by atoms with Crippen LogP contribution in [0.2, 0.25) is 0 Å². The van der Waals surface area contributed by atoms with Crippen LogP contribution in [0.4, 0.5) is 4.79 Å². The van der Waals surface area contributed by atoms with Gasteiger partial charge >= 0.3 is 6.09 Å². The molecule has 1 aliphatic carbocycles. The van der Waals surface area contributed by atoms with E-state index in [4.69, 9.17) is 10.5 Å². The summed E-state index contributed by atoms with van der Waals surface area (Å²) in [5.41, 5.74) is 15.8. The molecule has 0 fully saturated rings. The van der Waals surface area contributed by atoms with E-state index >= 15 is 0 Å². The number of alkyl carbamates (subject to hydrolysis) is 1. The number of nitrogens with two attached hydrogens (primary N) is 1. The second kappa shape index (κ2) is 15.7. The lowest BCUT2D eigenvalue weighted by molar-refractivity contribution is -0.128. The highest BCUT2D eigenvalue weighted by atomic mass is 16.5. The van der Waals surface area contributed by atoms with Gasteiger partial charge in [0.05, 0.1) is 11.7 Å². The quantitative estimate of drug-likeness (QED) is 0.127. The molecule has 1 aromatic heterocycles. The summed E-state index contributed by atoms with van der Waals surface area (Å²) in [6.45, 7) is 0.114. The van der Waals surface area contributed by atoms with Gasteiger partial charge < -0.3 is 15.8 Å². The minimum absolute atomic E-state index is 0.114. The summed E-state index contributed by atoms with van der Waals surface area (Å²) in [4.78, 5) is 44.7. The van der Waals surface area contributed by atoms with E-state index in [0.717, 1.165) is 55.8 Å². The van der Waals surface area contributed by atoms with Crippen molar-refractivity contribution in [1.29, 1.82) is 0 Å². The SMILES string of the molecule is NC(=O)[C@@H](CC(=O)[C@H](Cc1ccc(-c2ccccc2)cc1)NC(=O)OCC1c2ccccc2-c2ccccc21)Cc1ccc(-c2ccccc2)nc1. The summed E-state index contributed by atoms with van der Waals surface area (Å²) < 4.78 is 5.83. The van der Waals surface area contributed by atoms with Gasteiger partial charge in [0.15, 0.2) is 5.78 Å². The molecule has 0 radical (unpaired) electrons. The van der Waals surface area contributed by atoms with Gasteiger partial charge in [-0.15, -0.1) is 0 Å². The molecule has 0 unspecified atom stereocenters. The van der Waals surface area contributed by atoms with Crippen molar-refractivity contribution in [3.8, 4) is 33.5 Å². The highest BCUT2D eigenvalue weighted by Crippen LogP contribution is 2.44. The summed E-state index contributed by atoms with van der Waals surface area (Å²) in [7, 11) is 0. The van der Waals surface area contributed by atoms with Crippen LogP contribution in [-0.2, 0) is 27.2 Å². The van der Waals surface area contributed by atoms with Crippen LogP contribution in [0.15, 0.2) is 152 Å². The predicted octanol–water partition coefficient (Wildman–Crippen LogP) is 8.17. The van der Waals surface area contributed by atoms with E-state index in [-0.39, 0.29) is 37.6 Å². The standard InChI is InChI=1S/C45H39N3O4/c46-44(50)35(25-31-21-24-41(47-28-31)34-13-5-2-6-14-34)27-43(49)42(26-30-19-22-33(23-20-30)32-11-3-1-4-12-32)48-45(51)52-29-40-38-17-9-7-15-36(38)37-16-8-10-18-39(37)40/h1-24,28,35,40,42H,25-27,29H2,(H2,46,50)(H,48,51)/t35-,42+/m1/s1. The number of carbonyl (C=O) groups is 3. The lowest BCUT2D eigenvalue weighted by Crippen LogP contribution is -2.44. The maximum absolute atomic E-state index is 14.0. The number of amides is 2. The zero-order valence-electron chi connectivity index (χ0n) is 28.7. The molecular formula is C45H39N3O4. The van der Waals surface area contributed by atoms with Gasteiger partial charge in [0.2, 0.25) is 5.91 Å². The Hall–Kier alpha value is -6.34. The largest absolute Gasteiger partial charge is 0.449 e. The van der Waals surface area contributed by atoms with Gasteiger partial charge in [0.1, 0.15) is 6.61 Å². The molecule has 5 aromatic carbocycles. The lowest BCUT2D eigenvalue weighted by Gasteiger charge is -2.21. The molecule has 52 heavy (non-hydrogen) atoms. The van der Waals surface area contributed by atoms with E-state index in [0.29, 0.717) is 0 Å². The average molecular weight is 686 g/mol. The highest BCUT2D eigenvalue weighted by Gasteiger charge is 2.31. The number of ether oxygens (including phenoxy) is 1. The Morgan fingerprint density at radius 2 is 1.19 bits per heavy atom. The van der Waals surface area contributed by atoms with Gasteiger partial charge in [0.25, 0.3) is 0 Å². The second-order valence-corrected chi connectivity index (χ2v) is 13.2. The van der Waals surface area contributed by atoms with Crippen molar-refractivity contribution in [1.82, 2.24) is 10.3 Å². The number of rotatable bonds is 13. The van der Waals surface area contributed by atoms with E-state index < -0.39 is 24.0 Å². The summed E-state index contributed by atoms with van der Waals surface area (Å²) in [6, 6.07) is 46.8. The molecule has 7 heteroatoms. The Balaban J connectivity index is 1.07. The summed E-state index contributed by atoms with van der Waals surface area (Å²) in [5, 5.41) is 2.84. The number of pyridine rings is 1. The van der Waals surface area contributed by atoms with E-state index in [1.165, 1.54) is 0 Å². The molecule has 0 spiro atoms. The van der Waals surface area contributed by atoms with Crippen molar-refractivity contribution in [2.75, 3.05) is 6.61 Å². The minimum Gasteiger partial charge on any atom is -0.449 e. The number of hydrogen-bond acceptors (Lipinski definition) is 5. The maximum atomic E-state index is 14.0. The van der Waals surface area contributed by atoms with Crippen LogP contribution in [-0.4, -0.2) is 35.4 Å². The number of nitrogens with zero attached hydrogens (tertiary/aromatic N) is 1.